The zero-order chi connectivity index (χ0) is 7.40. The first kappa shape index (κ1) is 8.02. The van der Waals surface area contributed by atoms with E-state index in [1.54, 1.807) is 0 Å². The zero-order valence-corrected chi connectivity index (χ0v) is 6.97. The number of hydrogen-bond donors (Lipinski definition) is 0. The third kappa shape index (κ3) is 2.27. The van der Waals surface area contributed by atoms with Gasteiger partial charge in [-0.25, -0.2) is 0 Å². The highest BCUT2D eigenvalue weighted by Gasteiger charge is 2.14. The summed E-state index contributed by atoms with van der Waals surface area (Å²) in [4.78, 5) is 2.47. The second-order valence-corrected chi connectivity index (χ2v) is 2.98. The first-order valence-electron chi connectivity index (χ1n) is 4.17. The van der Waals surface area contributed by atoms with E-state index in [4.69, 9.17) is 4.74 Å². The molecule has 0 unspecified atom stereocenters. The molecule has 1 heterocycles. The Morgan fingerprint density at radius 1 is 1.60 bits per heavy atom. The molecule has 1 aliphatic heterocycles. The molecule has 1 fully saturated rings. The summed E-state index contributed by atoms with van der Waals surface area (Å²) < 4.78 is 5.41. The van der Waals surface area contributed by atoms with E-state index in [1.165, 1.54) is 13.0 Å². The molecule has 1 aliphatic rings. The van der Waals surface area contributed by atoms with Crippen LogP contribution in [0.2, 0.25) is 0 Å². The van der Waals surface area contributed by atoms with Crippen LogP contribution in [0.4, 0.5) is 0 Å². The van der Waals surface area contributed by atoms with Gasteiger partial charge < -0.3 is 4.74 Å². The maximum atomic E-state index is 5.41. The van der Waals surface area contributed by atoms with E-state index in [9.17, 15) is 0 Å². The lowest BCUT2D eigenvalue weighted by Crippen LogP contribution is -2.41. The van der Waals surface area contributed by atoms with Crippen molar-refractivity contribution in [2.45, 2.75) is 26.4 Å². The van der Waals surface area contributed by atoms with Crippen molar-refractivity contribution in [3.05, 3.63) is 0 Å². The van der Waals surface area contributed by atoms with Gasteiger partial charge in [-0.3, -0.25) is 4.90 Å². The average molecular weight is 143 g/mol. The molecule has 0 spiro atoms. The summed E-state index contributed by atoms with van der Waals surface area (Å²) in [5, 5.41) is 0. The highest BCUT2D eigenvalue weighted by molar-refractivity contribution is 4.66. The monoisotopic (exact) mass is 143 g/mol. The van der Waals surface area contributed by atoms with E-state index >= 15 is 0 Å². The van der Waals surface area contributed by atoms with Crippen LogP contribution >= 0.6 is 0 Å². The SMILES string of the molecule is CCCN1CCO[C@@H](C)C1. The molecule has 0 bridgehead atoms. The van der Waals surface area contributed by atoms with Crippen molar-refractivity contribution in [3.8, 4) is 0 Å². The molecule has 0 N–H and O–H groups in total. The van der Waals surface area contributed by atoms with Gasteiger partial charge in [0.25, 0.3) is 0 Å². The van der Waals surface area contributed by atoms with Crippen molar-refractivity contribution in [2.24, 2.45) is 0 Å². The van der Waals surface area contributed by atoms with Gasteiger partial charge in [0, 0.05) is 13.1 Å². The van der Waals surface area contributed by atoms with Crippen molar-refractivity contribution < 1.29 is 4.74 Å². The first-order valence-corrected chi connectivity index (χ1v) is 4.17. The van der Waals surface area contributed by atoms with Crippen molar-refractivity contribution in [1.82, 2.24) is 4.90 Å². The molecular weight excluding hydrogens is 126 g/mol. The Bertz CT molecular complexity index is 93.3. The fourth-order valence-electron chi connectivity index (χ4n) is 1.41. The minimum absolute atomic E-state index is 0.445. The van der Waals surface area contributed by atoms with Gasteiger partial charge in [-0.05, 0) is 19.9 Å². The molecule has 0 amide bonds. The summed E-state index contributed by atoms with van der Waals surface area (Å²) in [5.74, 6) is 0. The Morgan fingerprint density at radius 3 is 3.00 bits per heavy atom. The summed E-state index contributed by atoms with van der Waals surface area (Å²) in [6.45, 7) is 8.75. The molecule has 0 saturated carbocycles. The van der Waals surface area contributed by atoms with Crippen molar-refractivity contribution in [2.75, 3.05) is 26.2 Å². The average Bonchev–Trinajstić information content (AvgIpc) is 1.88. The fraction of sp³-hybridized carbons (Fsp3) is 1.00. The molecule has 1 rings (SSSR count). The van der Waals surface area contributed by atoms with Crippen LogP contribution in [-0.2, 0) is 4.74 Å². The van der Waals surface area contributed by atoms with Gasteiger partial charge >= 0.3 is 0 Å². The van der Waals surface area contributed by atoms with Crippen LogP contribution in [0.15, 0.2) is 0 Å². The first-order chi connectivity index (χ1) is 4.83. The third-order valence-corrected chi connectivity index (χ3v) is 1.87. The minimum atomic E-state index is 0.445. The minimum Gasteiger partial charge on any atom is -0.376 e. The lowest BCUT2D eigenvalue weighted by molar-refractivity contribution is -0.0180. The molecule has 0 aromatic carbocycles. The summed E-state index contributed by atoms with van der Waals surface area (Å²) in [5.41, 5.74) is 0. The molecule has 10 heavy (non-hydrogen) atoms. The molecule has 2 nitrogen and oxygen atoms in total. The van der Waals surface area contributed by atoms with Gasteiger partial charge in [-0.1, -0.05) is 6.92 Å². The maximum Gasteiger partial charge on any atom is 0.0674 e. The highest BCUT2D eigenvalue weighted by Crippen LogP contribution is 2.03. The number of hydrogen-bond acceptors (Lipinski definition) is 2. The number of ether oxygens (including phenoxy) is 1. The lowest BCUT2D eigenvalue weighted by Gasteiger charge is -2.30. The molecule has 0 aliphatic carbocycles. The van der Waals surface area contributed by atoms with E-state index in [0.29, 0.717) is 6.10 Å². The molecule has 1 saturated heterocycles. The van der Waals surface area contributed by atoms with Crippen LogP contribution in [0.5, 0.6) is 0 Å². The largest absolute Gasteiger partial charge is 0.376 e. The smallest absolute Gasteiger partial charge is 0.0674 e. The molecule has 1 atom stereocenters. The lowest BCUT2D eigenvalue weighted by atomic mass is 10.3. The Hall–Kier alpha value is -0.0800. The third-order valence-electron chi connectivity index (χ3n) is 1.87. The van der Waals surface area contributed by atoms with Crippen LogP contribution in [-0.4, -0.2) is 37.2 Å². The van der Waals surface area contributed by atoms with Gasteiger partial charge in [0.15, 0.2) is 0 Å². The van der Waals surface area contributed by atoms with Gasteiger partial charge in [0.1, 0.15) is 0 Å². The van der Waals surface area contributed by atoms with E-state index in [-0.39, 0.29) is 0 Å². The predicted molar refractivity (Wildman–Crippen MR) is 42.1 cm³/mol. The van der Waals surface area contributed by atoms with E-state index in [0.717, 1.165) is 19.7 Å². The second kappa shape index (κ2) is 3.94. The van der Waals surface area contributed by atoms with Gasteiger partial charge in [-0.15, -0.1) is 0 Å². The molecule has 0 aromatic rings. The Kier molecular flexibility index (Phi) is 3.16. The number of morpholine rings is 1. The molecule has 0 radical (unpaired) electrons. The van der Waals surface area contributed by atoms with Crippen LogP contribution in [0, 0.1) is 0 Å². The zero-order valence-electron chi connectivity index (χ0n) is 6.97. The molecule has 0 aromatic heterocycles. The quantitative estimate of drug-likeness (QED) is 0.574. The van der Waals surface area contributed by atoms with Crippen LogP contribution < -0.4 is 0 Å². The number of rotatable bonds is 2. The summed E-state index contributed by atoms with van der Waals surface area (Å²) in [6.07, 6.45) is 1.70. The second-order valence-electron chi connectivity index (χ2n) is 2.98. The molecule has 2 heteroatoms. The Balaban J connectivity index is 2.18. The van der Waals surface area contributed by atoms with E-state index < -0.39 is 0 Å². The Morgan fingerprint density at radius 2 is 2.40 bits per heavy atom. The number of nitrogens with zero attached hydrogens (tertiary/aromatic N) is 1. The Labute approximate surface area is 63.2 Å². The van der Waals surface area contributed by atoms with Crippen molar-refractivity contribution in [1.29, 1.82) is 0 Å². The highest BCUT2D eigenvalue weighted by atomic mass is 16.5. The normalized spacial score (nSPS) is 28.8. The fourth-order valence-corrected chi connectivity index (χ4v) is 1.41. The summed E-state index contributed by atoms with van der Waals surface area (Å²) in [6, 6.07) is 0. The summed E-state index contributed by atoms with van der Waals surface area (Å²) in [7, 11) is 0. The van der Waals surface area contributed by atoms with Gasteiger partial charge in [-0.2, -0.15) is 0 Å². The predicted octanol–water partition coefficient (Wildman–Crippen LogP) is 1.12. The van der Waals surface area contributed by atoms with Crippen molar-refractivity contribution >= 4 is 0 Å². The van der Waals surface area contributed by atoms with E-state index in [2.05, 4.69) is 18.7 Å². The summed E-state index contributed by atoms with van der Waals surface area (Å²) >= 11 is 0. The van der Waals surface area contributed by atoms with Crippen LogP contribution in [0.25, 0.3) is 0 Å². The van der Waals surface area contributed by atoms with Crippen molar-refractivity contribution in [3.63, 3.8) is 0 Å². The van der Waals surface area contributed by atoms with E-state index in [1.807, 2.05) is 0 Å². The molecule has 60 valence electrons. The van der Waals surface area contributed by atoms with Crippen LogP contribution in [0.1, 0.15) is 20.3 Å². The van der Waals surface area contributed by atoms with Crippen LogP contribution in [0.3, 0.4) is 0 Å². The van der Waals surface area contributed by atoms with Gasteiger partial charge in [0.2, 0.25) is 0 Å². The molecular formula is C8H17NO. The van der Waals surface area contributed by atoms with Gasteiger partial charge in [0.05, 0.1) is 12.7 Å². The standard InChI is InChI=1S/C8H17NO/c1-3-4-9-5-6-10-8(2)7-9/h8H,3-7H2,1-2H3/t8-/m0/s1. The topological polar surface area (TPSA) is 12.5 Å². The maximum absolute atomic E-state index is 5.41.